The highest BCUT2D eigenvalue weighted by Gasteiger charge is 2.15. The van der Waals surface area contributed by atoms with Crippen molar-refractivity contribution in [2.75, 3.05) is 0 Å². The van der Waals surface area contributed by atoms with Crippen LogP contribution < -0.4 is 0 Å². The van der Waals surface area contributed by atoms with Crippen LogP contribution in [0.4, 0.5) is 0 Å². The lowest BCUT2D eigenvalue weighted by atomic mass is 9.94. The molecule has 0 aliphatic carbocycles. The number of rotatable bonds is 4. The Morgan fingerprint density at radius 2 is 1.81 bits per heavy atom. The van der Waals surface area contributed by atoms with Gasteiger partial charge in [-0.2, -0.15) is 0 Å². The smallest absolute Gasteiger partial charge is 0.306 e. The maximum absolute atomic E-state index is 11.4. The molecule has 0 heterocycles. The summed E-state index contributed by atoms with van der Waals surface area (Å²) >= 11 is 0. The van der Waals surface area contributed by atoms with Crippen molar-refractivity contribution < 1.29 is 9.53 Å². The van der Waals surface area contributed by atoms with Gasteiger partial charge in [-0.15, -0.1) is 0 Å². The van der Waals surface area contributed by atoms with Gasteiger partial charge in [0.2, 0.25) is 0 Å². The Hall–Kier alpha value is -1.31. The average Bonchev–Trinajstić information content (AvgIpc) is 2.16. The number of esters is 1. The lowest BCUT2D eigenvalue weighted by Gasteiger charge is -2.19. The Kier molecular flexibility index (Phi) is 4.53. The zero-order chi connectivity index (χ0) is 12.0. The zero-order valence-corrected chi connectivity index (χ0v) is 10.3. The average molecular weight is 219 g/mol. The van der Waals surface area contributed by atoms with Crippen LogP contribution in [0.3, 0.4) is 0 Å². The van der Waals surface area contributed by atoms with Crippen LogP contribution in [0.25, 0.3) is 0 Å². The third-order valence-corrected chi connectivity index (χ3v) is 2.11. The molecule has 0 aliphatic rings. The second-order valence-corrected chi connectivity index (χ2v) is 4.93. The summed E-state index contributed by atoms with van der Waals surface area (Å²) in [6.45, 7) is 5.67. The van der Waals surface area contributed by atoms with Gasteiger partial charge < -0.3 is 4.74 Å². The van der Waals surface area contributed by atoms with Crippen molar-refractivity contribution in [1.29, 1.82) is 0 Å². The number of benzene rings is 1. The molecule has 1 aromatic carbocycles. The summed E-state index contributed by atoms with van der Waals surface area (Å²) < 4.78 is 5.24. The Morgan fingerprint density at radius 1 is 1.19 bits per heavy atom. The molecule has 88 valence electrons. The van der Waals surface area contributed by atoms with E-state index in [1.165, 1.54) is 5.56 Å². The predicted octanol–water partition coefficient (Wildman–Crippen LogP) is 3.35. The molecule has 0 saturated carbocycles. The highest BCUT2D eigenvalue weighted by atomic mass is 16.5. The molecule has 0 aromatic heterocycles. The van der Waals surface area contributed by atoms with Gasteiger partial charge in [0.25, 0.3) is 0 Å². The van der Waals surface area contributed by atoms with Crippen LogP contribution in [0.1, 0.15) is 39.2 Å². The predicted molar refractivity (Wildman–Crippen MR) is 65.2 cm³/mol. The van der Waals surface area contributed by atoms with Crippen LogP contribution >= 0.6 is 0 Å². The standard InChI is InChI=1S/C14H20O2/c1-14(2,3)16-13(15)11-7-10-12-8-5-4-6-9-12/h4-6,8-9H,7,10-11H2,1-3H3/i13-1. The molecule has 0 spiro atoms. The molecule has 0 radical (unpaired) electrons. The van der Waals surface area contributed by atoms with Gasteiger partial charge in [0.1, 0.15) is 5.60 Å². The molecule has 0 aliphatic heterocycles. The van der Waals surface area contributed by atoms with E-state index in [9.17, 15) is 4.79 Å². The molecular formula is C14H20O2. The third kappa shape index (κ3) is 5.54. The van der Waals surface area contributed by atoms with Crippen molar-refractivity contribution in [2.45, 2.75) is 45.6 Å². The van der Waals surface area contributed by atoms with Gasteiger partial charge in [0.15, 0.2) is 0 Å². The molecule has 2 nitrogen and oxygen atoms in total. The Balaban J connectivity index is 2.24. The molecule has 0 saturated heterocycles. The molecule has 0 amide bonds. The Morgan fingerprint density at radius 3 is 2.38 bits per heavy atom. The molecule has 16 heavy (non-hydrogen) atoms. The van der Waals surface area contributed by atoms with Gasteiger partial charge in [-0.1, -0.05) is 30.3 Å². The molecule has 0 atom stereocenters. The van der Waals surface area contributed by atoms with Crippen molar-refractivity contribution >= 4 is 5.97 Å². The van der Waals surface area contributed by atoms with Gasteiger partial charge >= 0.3 is 5.97 Å². The zero-order valence-electron chi connectivity index (χ0n) is 10.3. The highest BCUT2D eigenvalue weighted by molar-refractivity contribution is 5.69. The van der Waals surface area contributed by atoms with Crippen LogP contribution in [-0.2, 0) is 16.0 Å². The van der Waals surface area contributed by atoms with E-state index in [1.807, 2.05) is 39.0 Å². The largest absolute Gasteiger partial charge is 0.460 e. The number of carbonyl (C=O) groups excluding carboxylic acids is 1. The third-order valence-electron chi connectivity index (χ3n) is 2.11. The van der Waals surface area contributed by atoms with Crippen LogP contribution in [0, 0.1) is 0 Å². The number of carbonyl (C=O) groups is 1. The summed E-state index contributed by atoms with van der Waals surface area (Å²) in [5, 5.41) is 0. The second kappa shape index (κ2) is 5.69. The second-order valence-electron chi connectivity index (χ2n) is 4.93. The fourth-order valence-corrected chi connectivity index (χ4v) is 1.47. The summed E-state index contributed by atoms with van der Waals surface area (Å²) in [7, 11) is 0. The monoisotopic (exact) mass is 219 g/mol. The van der Waals surface area contributed by atoms with E-state index < -0.39 is 0 Å². The van der Waals surface area contributed by atoms with Crippen molar-refractivity contribution in [1.82, 2.24) is 0 Å². The first kappa shape index (κ1) is 12.8. The van der Waals surface area contributed by atoms with Crippen LogP contribution in [0.5, 0.6) is 0 Å². The minimum absolute atomic E-state index is 0.108. The molecule has 0 fully saturated rings. The van der Waals surface area contributed by atoms with E-state index in [1.54, 1.807) is 0 Å². The minimum Gasteiger partial charge on any atom is -0.460 e. The lowest BCUT2D eigenvalue weighted by Crippen LogP contribution is -2.23. The van der Waals surface area contributed by atoms with Gasteiger partial charge in [-0.05, 0) is 39.2 Å². The van der Waals surface area contributed by atoms with Gasteiger partial charge in [-0.3, -0.25) is 4.79 Å². The molecule has 2 heteroatoms. The first-order valence-electron chi connectivity index (χ1n) is 5.73. The maximum atomic E-state index is 11.4. The van der Waals surface area contributed by atoms with Gasteiger partial charge in [-0.25, -0.2) is 0 Å². The van der Waals surface area contributed by atoms with Crippen LogP contribution in [0.15, 0.2) is 30.3 Å². The number of hydrogen-bond acceptors (Lipinski definition) is 2. The quantitative estimate of drug-likeness (QED) is 0.726. The van der Waals surface area contributed by atoms with Crippen molar-refractivity contribution in [3.63, 3.8) is 0 Å². The molecule has 0 unspecified atom stereocenters. The molecule has 1 aromatic rings. The van der Waals surface area contributed by atoms with E-state index in [0.717, 1.165) is 12.8 Å². The molecular weight excluding hydrogens is 199 g/mol. The van der Waals surface area contributed by atoms with Crippen molar-refractivity contribution in [3.8, 4) is 0 Å². The minimum atomic E-state index is -0.371. The van der Waals surface area contributed by atoms with E-state index in [0.29, 0.717) is 6.42 Å². The molecule has 0 bridgehead atoms. The summed E-state index contributed by atoms with van der Waals surface area (Å²) in [5.74, 6) is -0.108. The normalized spacial score (nSPS) is 11.2. The van der Waals surface area contributed by atoms with Crippen LogP contribution in [-0.4, -0.2) is 11.6 Å². The Labute approximate surface area is 97.6 Å². The van der Waals surface area contributed by atoms with Gasteiger partial charge in [0, 0.05) is 6.42 Å². The summed E-state index contributed by atoms with van der Waals surface area (Å²) in [6.07, 6.45) is 2.27. The SMILES string of the molecule is CC(C)(C)O[11C](=O)CCCc1ccccc1. The van der Waals surface area contributed by atoms with Crippen LogP contribution in [0.2, 0.25) is 0 Å². The first-order chi connectivity index (χ1) is 7.47. The summed E-state index contributed by atoms with van der Waals surface area (Å²) in [5.41, 5.74) is 0.898. The topological polar surface area (TPSA) is 26.3 Å². The first-order valence-corrected chi connectivity index (χ1v) is 5.73. The van der Waals surface area contributed by atoms with Gasteiger partial charge in [0.05, 0.1) is 0 Å². The number of hydrogen-bond donors (Lipinski definition) is 0. The number of aryl methyl sites for hydroxylation is 1. The van der Waals surface area contributed by atoms with E-state index in [-0.39, 0.29) is 11.6 Å². The van der Waals surface area contributed by atoms with Crippen molar-refractivity contribution in [3.05, 3.63) is 35.9 Å². The summed E-state index contributed by atoms with van der Waals surface area (Å²) in [6, 6.07) is 10.2. The highest BCUT2D eigenvalue weighted by Crippen LogP contribution is 2.10. The fraction of sp³-hybridized carbons (Fsp3) is 0.500. The fourth-order valence-electron chi connectivity index (χ4n) is 1.47. The lowest BCUT2D eigenvalue weighted by molar-refractivity contribution is -0.154. The van der Waals surface area contributed by atoms with E-state index in [2.05, 4.69) is 12.1 Å². The van der Waals surface area contributed by atoms with E-state index >= 15 is 0 Å². The molecule has 0 N–H and O–H groups in total. The molecule has 1 rings (SSSR count). The van der Waals surface area contributed by atoms with Crippen molar-refractivity contribution in [2.24, 2.45) is 0 Å². The maximum Gasteiger partial charge on any atom is 0.306 e. The number of ether oxygens (including phenoxy) is 1. The van der Waals surface area contributed by atoms with E-state index in [4.69, 9.17) is 4.74 Å². The Bertz CT molecular complexity index is 322. The summed E-state index contributed by atoms with van der Waals surface area (Å²) in [4.78, 5) is 11.4.